The van der Waals surface area contributed by atoms with E-state index < -0.39 is 5.97 Å². The van der Waals surface area contributed by atoms with Gasteiger partial charge in [-0.1, -0.05) is 19.1 Å². The van der Waals surface area contributed by atoms with Crippen molar-refractivity contribution >= 4 is 5.97 Å². The lowest BCUT2D eigenvalue weighted by Gasteiger charge is -2.27. The van der Waals surface area contributed by atoms with Crippen molar-refractivity contribution in [3.63, 3.8) is 0 Å². The summed E-state index contributed by atoms with van der Waals surface area (Å²) in [5, 5.41) is 8.92. The van der Waals surface area contributed by atoms with Gasteiger partial charge in [-0.05, 0) is 25.2 Å². The van der Waals surface area contributed by atoms with Crippen LogP contribution in [0.2, 0.25) is 0 Å². The van der Waals surface area contributed by atoms with E-state index in [0.717, 1.165) is 12.8 Å². The third-order valence-electron chi connectivity index (χ3n) is 3.56. The zero-order valence-electron chi connectivity index (χ0n) is 7.29. The van der Waals surface area contributed by atoms with E-state index in [1.807, 2.05) is 6.92 Å². The highest BCUT2D eigenvalue weighted by Crippen LogP contribution is 2.53. The molecule has 12 heavy (non-hydrogen) atoms. The van der Waals surface area contributed by atoms with Gasteiger partial charge in [0.05, 0.1) is 5.92 Å². The second-order valence-corrected chi connectivity index (χ2v) is 4.16. The molecule has 0 amide bonds. The van der Waals surface area contributed by atoms with Crippen molar-refractivity contribution < 1.29 is 9.90 Å². The Kier molecular flexibility index (Phi) is 1.53. The van der Waals surface area contributed by atoms with Gasteiger partial charge in [-0.3, -0.25) is 4.79 Å². The fourth-order valence-electron chi connectivity index (χ4n) is 2.57. The molecule has 0 aromatic carbocycles. The van der Waals surface area contributed by atoms with Crippen LogP contribution in [0.4, 0.5) is 0 Å². The van der Waals surface area contributed by atoms with Crippen molar-refractivity contribution in [3.8, 4) is 0 Å². The van der Waals surface area contributed by atoms with Crippen LogP contribution in [0.25, 0.3) is 0 Å². The number of aliphatic carboxylic acids is 1. The lowest BCUT2D eigenvalue weighted by atomic mass is 9.76. The topological polar surface area (TPSA) is 37.3 Å². The summed E-state index contributed by atoms with van der Waals surface area (Å²) in [4.78, 5) is 10.8. The van der Waals surface area contributed by atoms with Gasteiger partial charge in [0, 0.05) is 5.41 Å². The van der Waals surface area contributed by atoms with Crippen molar-refractivity contribution in [2.24, 2.45) is 17.3 Å². The van der Waals surface area contributed by atoms with Crippen LogP contribution >= 0.6 is 0 Å². The number of hydrogen-bond acceptors (Lipinski definition) is 1. The Labute approximate surface area is 72.3 Å². The van der Waals surface area contributed by atoms with Crippen molar-refractivity contribution in [2.75, 3.05) is 0 Å². The normalized spacial score (nSPS) is 40.2. The van der Waals surface area contributed by atoms with Gasteiger partial charge < -0.3 is 5.11 Å². The molecular formula is C10H14O2. The van der Waals surface area contributed by atoms with E-state index in [2.05, 4.69) is 12.2 Å². The van der Waals surface area contributed by atoms with Crippen molar-refractivity contribution in [1.29, 1.82) is 0 Å². The van der Waals surface area contributed by atoms with E-state index in [9.17, 15) is 4.79 Å². The molecule has 3 atom stereocenters. The van der Waals surface area contributed by atoms with E-state index in [1.165, 1.54) is 6.42 Å². The van der Waals surface area contributed by atoms with E-state index in [0.29, 0.717) is 5.92 Å². The molecule has 1 saturated carbocycles. The molecule has 0 saturated heterocycles. The average molecular weight is 166 g/mol. The molecule has 0 spiro atoms. The summed E-state index contributed by atoms with van der Waals surface area (Å²) in [6, 6.07) is 0. The highest BCUT2D eigenvalue weighted by Gasteiger charge is 2.46. The number of hydrogen-bond donors (Lipinski definition) is 1. The van der Waals surface area contributed by atoms with Gasteiger partial charge in [0.25, 0.3) is 0 Å². The average Bonchev–Trinajstić information content (AvgIpc) is 2.62. The first-order valence-corrected chi connectivity index (χ1v) is 4.56. The first-order valence-electron chi connectivity index (χ1n) is 4.56. The number of rotatable bonds is 2. The standard InChI is InChI=1S/C10H14O2/c1-7(9(11)12)10-4-2-8(6-10)3-5-10/h2,4,7-8H,3,5-6H2,1H3,(H,11,12). The molecule has 2 aliphatic rings. The number of carbonyl (C=O) groups is 1. The van der Waals surface area contributed by atoms with E-state index in [4.69, 9.17) is 5.11 Å². The number of carboxylic acid groups (broad SMARTS) is 1. The van der Waals surface area contributed by atoms with Crippen LogP contribution in [0.15, 0.2) is 12.2 Å². The smallest absolute Gasteiger partial charge is 0.307 e. The van der Waals surface area contributed by atoms with Crippen molar-refractivity contribution in [1.82, 2.24) is 0 Å². The van der Waals surface area contributed by atoms with Crippen LogP contribution in [0.5, 0.6) is 0 Å². The maximum Gasteiger partial charge on any atom is 0.307 e. The minimum atomic E-state index is -0.651. The Bertz CT molecular complexity index is 244. The molecule has 2 heteroatoms. The molecule has 0 aromatic rings. The number of allylic oxidation sites excluding steroid dienone is 2. The monoisotopic (exact) mass is 166 g/mol. The zero-order chi connectivity index (χ0) is 8.77. The maximum absolute atomic E-state index is 10.8. The minimum absolute atomic E-state index is 0.0104. The summed E-state index contributed by atoms with van der Waals surface area (Å²) in [6.07, 6.45) is 7.67. The lowest BCUT2D eigenvalue weighted by Crippen LogP contribution is -2.28. The molecule has 2 bridgehead atoms. The summed E-state index contributed by atoms with van der Waals surface area (Å²) in [5.41, 5.74) is 0.0104. The van der Waals surface area contributed by atoms with Crippen molar-refractivity contribution in [3.05, 3.63) is 12.2 Å². The Morgan fingerprint density at radius 2 is 2.50 bits per heavy atom. The number of carboxylic acids is 1. The van der Waals surface area contributed by atoms with Crippen LogP contribution in [-0.2, 0) is 4.79 Å². The molecule has 1 N–H and O–H groups in total. The van der Waals surface area contributed by atoms with Crippen molar-refractivity contribution in [2.45, 2.75) is 26.2 Å². The zero-order valence-corrected chi connectivity index (χ0v) is 7.29. The van der Waals surface area contributed by atoms with Gasteiger partial charge in [-0.2, -0.15) is 0 Å². The second-order valence-electron chi connectivity index (χ2n) is 4.16. The van der Waals surface area contributed by atoms with Gasteiger partial charge in [0.2, 0.25) is 0 Å². The Morgan fingerprint density at radius 3 is 2.83 bits per heavy atom. The first kappa shape index (κ1) is 7.84. The van der Waals surface area contributed by atoms with Gasteiger partial charge in [0.1, 0.15) is 0 Å². The van der Waals surface area contributed by atoms with Crippen LogP contribution in [0.1, 0.15) is 26.2 Å². The van der Waals surface area contributed by atoms with Gasteiger partial charge in [0.15, 0.2) is 0 Å². The Balaban J connectivity index is 2.22. The molecule has 66 valence electrons. The fraction of sp³-hybridized carbons (Fsp3) is 0.700. The predicted octanol–water partition coefficient (Wildman–Crippen LogP) is 2.06. The first-order chi connectivity index (χ1) is 5.64. The van der Waals surface area contributed by atoms with Crippen LogP contribution in [0, 0.1) is 17.3 Å². The molecule has 0 radical (unpaired) electrons. The molecule has 0 aliphatic heterocycles. The SMILES string of the molecule is CC(C(=O)O)C12C=CC(CC1)C2. The quantitative estimate of drug-likeness (QED) is 0.637. The van der Waals surface area contributed by atoms with Gasteiger partial charge in [-0.25, -0.2) is 0 Å². The highest BCUT2D eigenvalue weighted by molar-refractivity contribution is 5.71. The molecule has 0 aromatic heterocycles. The largest absolute Gasteiger partial charge is 0.481 e. The van der Waals surface area contributed by atoms with Gasteiger partial charge >= 0.3 is 5.97 Å². The lowest BCUT2D eigenvalue weighted by molar-refractivity contribution is -0.144. The third-order valence-corrected chi connectivity index (χ3v) is 3.56. The fourth-order valence-corrected chi connectivity index (χ4v) is 2.57. The van der Waals surface area contributed by atoms with E-state index in [-0.39, 0.29) is 11.3 Å². The third kappa shape index (κ3) is 0.904. The summed E-state index contributed by atoms with van der Waals surface area (Å²) < 4.78 is 0. The molecule has 2 rings (SSSR count). The maximum atomic E-state index is 10.8. The van der Waals surface area contributed by atoms with Crippen LogP contribution < -0.4 is 0 Å². The summed E-state index contributed by atoms with van der Waals surface area (Å²) >= 11 is 0. The Morgan fingerprint density at radius 1 is 1.75 bits per heavy atom. The Hall–Kier alpha value is -0.790. The van der Waals surface area contributed by atoms with E-state index in [1.54, 1.807) is 0 Å². The number of fused-ring (bicyclic) bond motifs is 2. The summed E-state index contributed by atoms with van der Waals surface area (Å²) in [6.45, 7) is 1.83. The summed E-state index contributed by atoms with van der Waals surface area (Å²) in [5.74, 6) is -0.185. The molecule has 0 heterocycles. The minimum Gasteiger partial charge on any atom is -0.481 e. The molecule has 1 fully saturated rings. The second kappa shape index (κ2) is 2.35. The van der Waals surface area contributed by atoms with Gasteiger partial charge in [-0.15, -0.1) is 0 Å². The van der Waals surface area contributed by atoms with Crippen LogP contribution in [0.3, 0.4) is 0 Å². The highest BCUT2D eigenvalue weighted by atomic mass is 16.4. The molecular weight excluding hydrogens is 152 g/mol. The predicted molar refractivity (Wildman–Crippen MR) is 45.7 cm³/mol. The summed E-state index contributed by atoms with van der Waals surface area (Å²) in [7, 11) is 0. The van der Waals surface area contributed by atoms with E-state index >= 15 is 0 Å². The molecule has 2 aliphatic carbocycles. The van der Waals surface area contributed by atoms with Crippen LogP contribution in [-0.4, -0.2) is 11.1 Å². The molecule has 3 unspecified atom stereocenters. The molecule has 2 nitrogen and oxygen atoms in total.